The fourth-order valence-electron chi connectivity index (χ4n) is 1.06. The zero-order valence-corrected chi connectivity index (χ0v) is 8.29. The molecule has 90 valence electrons. The van der Waals surface area contributed by atoms with Crippen molar-refractivity contribution in [2.24, 2.45) is 0 Å². The summed E-state index contributed by atoms with van der Waals surface area (Å²) in [6.07, 6.45) is -9.45. The highest BCUT2D eigenvalue weighted by Gasteiger charge is 2.40. The van der Waals surface area contributed by atoms with Crippen LogP contribution in [0.4, 0.5) is 26.3 Å². The quantitative estimate of drug-likeness (QED) is 0.514. The highest BCUT2D eigenvalue weighted by atomic mass is 35.5. The Balaban J connectivity index is 3.09. The van der Waals surface area contributed by atoms with E-state index in [0.29, 0.717) is 12.1 Å². The van der Waals surface area contributed by atoms with Gasteiger partial charge in [-0.2, -0.15) is 26.3 Å². The van der Waals surface area contributed by atoms with Crippen LogP contribution >= 0.6 is 11.6 Å². The van der Waals surface area contributed by atoms with E-state index in [9.17, 15) is 26.3 Å². The molecule has 1 aromatic carbocycles. The Morgan fingerprint density at radius 3 is 2.00 bits per heavy atom. The first-order valence-corrected chi connectivity index (χ1v) is 4.44. The van der Waals surface area contributed by atoms with E-state index in [0.717, 1.165) is 12.1 Å². The summed E-state index contributed by atoms with van der Waals surface area (Å²) in [5, 5.41) is -2.44. The Morgan fingerprint density at radius 1 is 1.00 bits per heavy atom. The first-order valence-electron chi connectivity index (χ1n) is 4.00. The molecular weight excluding hydrogens is 258 g/mol. The summed E-state index contributed by atoms with van der Waals surface area (Å²) in [5.74, 6) is 0. The van der Waals surface area contributed by atoms with Crippen LogP contribution in [0.2, 0.25) is 0 Å². The van der Waals surface area contributed by atoms with Gasteiger partial charge in [0.15, 0.2) is 5.38 Å². The van der Waals surface area contributed by atoms with Crippen molar-refractivity contribution in [2.45, 2.75) is 17.7 Å². The first-order chi connectivity index (χ1) is 7.12. The molecule has 16 heavy (non-hydrogen) atoms. The van der Waals surface area contributed by atoms with Crippen LogP contribution in [0, 0.1) is 0 Å². The summed E-state index contributed by atoms with van der Waals surface area (Å²) in [5.41, 5.74) is -1.77. The molecule has 0 heterocycles. The summed E-state index contributed by atoms with van der Waals surface area (Å²) in [4.78, 5) is 0. The SMILES string of the molecule is FC(F)(F)c1cccc([C@H](Cl)C(F)(F)F)c1. The Hall–Kier alpha value is -0.910. The molecule has 0 aromatic heterocycles. The number of rotatable bonds is 1. The molecule has 1 aromatic rings. The number of alkyl halides is 7. The third-order valence-electron chi connectivity index (χ3n) is 1.79. The smallest absolute Gasteiger partial charge is 0.169 e. The summed E-state index contributed by atoms with van der Waals surface area (Å²) < 4.78 is 73.1. The standard InChI is InChI=1S/C9H5ClF6/c10-7(9(14,15)16)5-2-1-3-6(4-5)8(11,12)13/h1-4,7H/t7-/m0/s1. The number of benzene rings is 1. The van der Waals surface area contributed by atoms with E-state index in [-0.39, 0.29) is 0 Å². The molecule has 0 fully saturated rings. The van der Waals surface area contributed by atoms with Crippen LogP contribution in [0.15, 0.2) is 24.3 Å². The zero-order chi connectivity index (χ0) is 12.6. The first kappa shape index (κ1) is 13.2. The van der Waals surface area contributed by atoms with Gasteiger partial charge in [0.05, 0.1) is 5.56 Å². The lowest BCUT2D eigenvalue weighted by molar-refractivity contribution is -0.139. The molecule has 0 saturated carbocycles. The van der Waals surface area contributed by atoms with Crippen LogP contribution in [0.25, 0.3) is 0 Å². The summed E-state index contributed by atoms with van der Waals surface area (Å²) in [6.45, 7) is 0. The van der Waals surface area contributed by atoms with Gasteiger partial charge in [0.25, 0.3) is 0 Å². The van der Waals surface area contributed by atoms with E-state index in [1.54, 1.807) is 0 Å². The lowest BCUT2D eigenvalue weighted by Gasteiger charge is -2.15. The van der Waals surface area contributed by atoms with Crippen LogP contribution in [0.5, 0.6) is 0 Å². The normalized spacial score (nSPS) is 14.9. The maximum absolute atomic E-state index is 12.2. The molecule has 7 heteroatoms. The van der Waals surface area contributed by atoms with E-state index in [2.05, 4.69) is 0 Å². The predicted molar refractivity (Wildman–Crippen MR) is 46.1 cm³/mol. The topological polar surface area (TPSA) is 0 Å². The van der Waals surface area contributed by atoms with Crippen LogP contribution in [0.3, 0.4) is 0 Å². The molecule has 0 nitrogen and oxygen atoms in total. The minimum Gasteiger partial charge on any atom is -0.169 e. The average molecular weight is 263 g/mol. The van der Waals surface area contributed by atoms with Gasteiger partial charge in [0.2, 0.25) is 0 Å². The zero-order valence-electron chi connectivity index (χ0n) is 7.53. The van der Waals surface area contributed by atoms with Gasteiger partial charge in [0, 0.05) is 0 Å². The van der Waals surface area contributed by atoms with Crippen LogP contribution < -0.4 is 0 Å². The monoisotopic (exact) mass is 262 g/mol. The Kier molecular flexibility index (Phi) is 3.42. The molecule has 0 aliphatic rings. The molecule has 0 aliphatic carbocycles. The lowest BCUT2D eigenvalue weighted by Crippen LogP contribution is -2.16. The predicted octanol–water partition coefficient (Wildman–Crippen LogP) is 4.55. The van der Waals surface area contributed by atoms with Crippen LogP contribution in [-0.4, -0.2) is 6.18 Å². The van der Waals surface area contributed by atoms with Gasteiger partial charge in [-0.1, -0.05) is 18.2 Å². The van der Waals surface area contributed by atoms with Crippen molar-refractivity contribution in [2.75, 3.05) is 0 Å². The van der Waals surface area contributed by atoms with Crippen molar-refractivity contribution < 1.29 is 26.3 Å². The lowest BCUT2D eigenvalue weighted by atomic mass is 10.1. The number of halogens is 7. The second-order valence-corrected chi connectivity index (χ2v) is 3.46. The Morgan fingerprint density at radius 2 is 1.56 bits per heavy atom. The largest absolute Gasteiger partial charge is 0.416 e. The minimum absolute atomic E-state index is 0.394. The fraction of sp³-hybridized carbons (Fsp3) is 0.333. The van der Waals surface area contributed by atoms with Gasteiger partial charge < -0.3 is 0 Å². The molecule has 0 unspecified atom stereocenters. The van der Waals surface area contributed by atoms with Crippen molar-refractivity contribution in [1.82, 2.24) is 0 Å². The summed E-state index contributed by atoms with van der Waals surface area (Å²) in [7, 11) is 0. The number of hydrogen-bond donors (Lipinski definition) is 0. The molecule has 1 atom stereocenters. The highest BCUT2D eigenvalue weighted by molar-refractivity contribution is 6.21. The van der Waals surface area contributed by atoms with Crippen LogP contribution in [-0.2, 0) is 6.18 Å². The van der Waals surface area contributed by atoms with Gasteiger partial charge >= 0.3 is 12.4 Å². The van der Waals surface area contributed by atoms with E-state index in [1.807, 2.05) is 0 Å². The third-order valence-corrected chi connectivity index (χ3v) is 2.29. The average Bonchev–Trinajstić information content (AvgIpc) is 2.14. The fourth-order valence-corrected chi connectivity index (χ4v) is 1.20. The van der Waals surface area contributed by atoms with Crippen molar-refractivity contribution in [3.05, 3.63) is 35.4 Å². The van der Waals surface area contributed by atoms with Crippen molar-refractivity contribution in [1.29, 1.82) is 0 Å². The van der Waals surface area contributed by atoms with Gasteiger partial charge in [-0.15, -0.1) is 11.6 Å². The van der Waals surface area contributed by atoms with E-state index in [4.69, 9.17) is 11.6 Å². The van der Waals surface area contributed by atoms with Gasteiger partial charge in [-0.3, -0.25) is 0 Å². The summed E-state index contributed by atoms with van der Waals surface area (Å²) >= 11 is 5.01. The van der Waals surface area contributed by atoms with Gasteiger partial charge in [-0.05, 0) is 11.6 Å². The van der Waals surface area contributed by atoms with Crippen molar-refractivity contribution in [3.8, 4) is 0 Å². The molecule has 0 aliphatic heterocycles. The van der Waals surface area contributed by atoms with Gasteiger partial charge in [-0.25, -0.2) is 0 Å². The second kappa shape index (κ2) is 4.16. The van der Waals surface area contributed by atoms with E-state index in [1.165, 1.54) is 0 Å². The molecule has 0 saturated heterocycles. The summed E-state index contributed by atoms with van der Waals surface area (Å²) in [6, 6.07) is 2.87. The molecule has 0 radical (unpaired) electrons. The molecule has 0 amide bonds. The van der Waals surface area contributed by atoms with Gasteiger partial charge in [0.1, 0.15) is 0 Å². The maximum atomic E-state index is 12.2. The van der Waals surface area contributed by atoms with Crippen LogP contribution in [0.1, 0.15) is 16.5 Å². The minimum atomic E-state index is -4.77. The van der Waals surface area contributed by atoms with E-state index >= 15 is 0 Å². The molecule has 0 N–H and O–H groups in total. The molecule has 1 rings (SSSR count). The van der Waals surface area contributed by atoms with Crippen molar-refractivity contribution >= 4 is 11.6 Å². The number of hydrogen-bond acceptors (Lipinski definition) is 0. The van der Waals surface area contributed by atoms with E-state index < -0.39 is 28.9 Å². The van der Waals surface area contributed by atoms with Crippen molar-refractivity contribution in [3.63, 3.8) is 0 Å². The Bertz CT molecular complexity index is 367. The highest BCUT2D eigenvalue weighted by Crippen LogP contribution is 2.39. The molecular formula is C9H5ClF6. The third kappa shape index (κ3) is 3.04. The second-order valence-electron chi connectivity index (χ2n) is 3.03. The maximum Gasteiger partial charge on any atom is 0.416 e. The molecule has 0 spiro atoms. The Labute approximate surface area is 91.8 Å². The molecule has 0 bridgehead atoms.